The van der Waals surface area contributed by atoms with Crippen LogP contribution in [-0.2, 0) is 4.79 Å². The summed E-state index contributed by atoms with van der Waals surface area (Å²) in [5.74, 6) is 0.775. The quantitative estimate of drug-likeness (QED) is 0.865. The van der Waals surface area contributed by atoms with E-state index in [0.29, 0.717) is 31.7 Å². The number of likely N-dealkylation sites (tertiary alicyclic amines) is 1. The van der Waals surface area contributed by atoms with Gasteiger partial charge < -0.3 is 15.0 Å². The largest absolute Gasteiger partial charge is 0.493 e. The Balaban J connectivity index is 1.37. The second-order valence-electron chi connectivity index (χ2n) is 6.28. The molecule has 1 saturated heterocycles. The van der Waals surface area contributed by atoms with Crippen LogP contribution in [-0.4, -0.2) is 47.4 Å². The summed E-state index contributed by atoms with van der Waals surface area (Å²) in [4.78, 5) is 30.2. The van der Waals surface area contributed by atoms with Gasteiger partial charge in [-0.2, -0.15) is 0 Å². The van der Waals surface area contributed by atoms with Crippen molar-refractivity contribution in [1.29, 1.82) is 0 Å². The fraction of sp³-hybridized carbons (Fsp3) is 0.350. The van der Waals surface area contributed by atoms with Gasteiger partial charge in [-0.3, -0.25) is 14.6 Å². The molecule has 2 heterocycles. The van der Waals surface area contributed by atoms with Crippen LogP contribution >= 0.6 is 0 Å². The van der Waals surface area contributed by atoms with Gasteiger partial charge in [0.2, 0.25) is 5.91 Å². The van der Waals surface area contributed by atoms with E-state index in [1.807, 2.05) is 35.2 Å². The molecule has 1 fully saturated rings. The molecule has 1 aromatic heterocycles. The summed E-state index contributed by atoms with van der Waals surface area (Å²) < 4.78 is 5.54. The van der Waals surface area contributed by atoms with Crippen LogP contribution in [0.3, 0.4) is 0 Å². The minimum Gasteiger partial charge on any atom is -0.493 e. The van der Waals surface area contributed by atoms with Crippen molar-refractivity contribution in [2.24, 2.45) is 0 Å². The molecule has 26 heavy (non-hydrogen) atoms. The summed E-state index contributed by atoms with van der Waals surface area (Å²) in [7, 11) is 0. The lowest BCUT2D eigenvalue weighted by Crippen LogP contribution is -2.46. The molecule has 1 aromatic carbocycles. The molecule has 6 heteroatoms. The summed E-state index contributed by atoms with van der Waals surface area (Å²) in [5, 5.41) is 3.04. The molecule has 136 valence electrons. The highest BCUT2D eigenvalue weighted by Crippen LogP contribution is 2.14. The summed E-state index contributed by atoms with van der Waals surface area (Å²) in [6.07, 6.45) is 5.10. The SMILES string of the molecule is O=C(CCOc1ccccc1)NC1CCN(C(=O)c2ccncc2)CC1. The second kappa shape index (κ2) is 8.99. The normalized spacial score (nSPS) is 14.7. The lowest BCUT2D eigenvalue weighted by molar-refractivity contribution is -0.122. The fourth-order valence-electron chi connectivity index (χ4n) is 2.98. The first-order valence-electron chi connectivity index (χ1n) is 8.89. The molecule has 1 N–H and O–H groups in total. The Hall–Kier alpha value is -2.89. The molecular formula is C20H23N3O3. The van der Waals surface area contributed by atoms with E-state index in [-0.39, 0.29) is 17.9 Å². The van der Waals surface area contributed by atoms with Crippen molar-refractivity contribution < 1.29 is 14.3 Å². The number of hydrogen-bond acceptors (Lipinski definition) is 4. The number of piperidine rings is 1. The molecule has 0 bridgehead atoms. The average molecular weight is 353 g/mol. The number of nitrogens with one attached hydrogen (secondary N) is 1. The molecule has 2 aromatic rings. The van der Waals surface area contributed by atoms with E-state index < -0.39 is 0 Å². The zero-order valence-corrected chi connectivity index (χ0v) is 14.6. The van der Waals surface area contributed by atoms with Gasteiger partial charge in [0.1, 0.15) is 5.75 Å². The Labute approximate surface area is 153 Å². The molecule has 1 aliphatic heterocycles. The van der Waals surface area contributed by atoms with Crippen molar-refractivity contribution in [3.8, 4) is 5.75 Å². The Morgan fingerprint density at radius 3 is 2.46 bits per heavy atom. The number of aromatic nitrogens is 1. The molecule has 6 nitrogen and oxygen atoms in total. The van der Waals surface area contributed by atoms with Gasteiger partial charge in [0, 0.05) is 37.1 Å². The molecule has 1 aliphatic rings. The van der Waals surface area contributed by atoms with Gasteiger partial charge in [-0.25, -0.2) is 0 Å². The molecule has 0 saturated carbocycles. The van der Waals surface area contributed by atoms with Gasteiger partial charge in [-0.05, 0) is 37.1 Å². The van der Waals surface area contributed by atoms with Crippen molar-refractivity contribution in [3.63, 3.8) is 0 Å². The Morgan fingerprint density at radius 2 is 1.77 bits per heavy atom. The van der Waals surface area contributed by atoms with Crippen LogP contribution in [0.2, 0.25) is 0 Å². The standard InChI is InChI=1S/C20H23N3O3/c24-19(10-15-26-18-4-2-1-3-5-18)22-17-8-13-23(14-9-17)20(25)16-6-11-21-12-7-16/h1-7,11-12,17H,8-10,13-15H2,(H,22,24). The van der Waals surface area contributed by atoms with Crippen molar-refractivity contribution in [2.45, 2.75) is 25.3 Å². The van der Waals surface area contributed by atoms with E-state index in [0.717, 1.165) is 18.6 Å². The third-order valence-corrected chi connectivity index (χ3v) is 4.42. The molecule has 0 atom stereocenters. The van der Waals surface area contributed by atoms with Crippen LogP contribution in [0.5, 0.6) is 5.75 Å². The van der Waals surface area contributed by atoms with Crippen molar-refractivity contribution >= 4 is 11.8 Å². The third-order valence-electron chi connectivity index (χ3n) is 4.42. The topological polar surface area (TPSA) is 71.5 Å². The molecule has 0 radical (unpaired) electrons. The molecule has 0 aliphatic carbocycles. The van der Waals surface area contributed by atoms with E-state index in [4.69, 9.17) is 4.74 Å². The molecule has 2 amide bonds. The number of rotatable bonds is 6. The molecular weight excluding hydrogens is 330 g/mol. The fourth-order valence-corrected chi connectivity index (χ4v) is 2.98. The Kier molecular flexibility index (Phi) is 6.19. The van der Waals surface area contributed by atoms with Crippen LogP contribution in [0.4, 0.5) is 0 Å². The number of hydrogen-bond donors (Lipinski definition) is 1. The number of carbonyl (C=O) groups excluding carboxylic acids is 2. The van der Waals surface area contributed by atoms with E-state index >= 15 is 0 Å². The van der Waals surface area contributed by atoms with Crippen LogP contribution < -0.4 is 10.1 Å². The van der Waals surface area contributed by atoms with Crippen LogP contribution in [0.1, 0.15) is 29.6 Å². The van der Waals surface area contributed by atoms with E-state index in [2.05, 4.69) is 10.3 Å². The number of amides is 2. The molecule has 3 rings (SSSR count). The first-order valence-corrected chi connectivity index (χ1v) is 8.89. The van der Waals surface area contributed by atoms with Gasteiger partial charge >= 0.3 is 0 Å². The summed E-state index contributed by atoms with van der Waals surface area (Å²) >= 11 is 0. The maximum Gasteiger partial charge on any atom is 0.253 e. The lowest BCUT2D eigenvalue weighted by atomic mass is 10.0. The van der Waals surface area contributed by atoms with Crippen molar-refractivity contribution in [2.75, 3.05) is 19.7 Å². The van der Waals surface area contributed by atoms with Gasteiger partial charge in [0.15, 0.2) is 0 Å². The lowest BCUT2D eigenvalue weighted by Gasteiger charge is -2.32. The second-order valence-corrected chi connectivity index (χ2v) is 6.28. The predicted molar refractivity (Wildman–Crippen MR) is 97.9 cm³/mol. The highest BCUT2D eigenvalue weighted by Gasteiger charge is 2.24. The monoisotopic (exact) mass is 353 g/mol. The highest BCUT2D eigenvalue weighted by atomic mass is 16.5. The highest BCUT2D eigenvalue weighted by molar-refractivity contribution is 5.94. The zero-order valence-electron chi connectivity index (χ0n) is 14.6. The van der Waals surface area contributed by atoms with Crippen LogP contribution in [0.15, 0.2) is 54.9 Å². The molecule has 0 unspecified atom stereocenters. The first kappa shape index (κ1) is 17.9. The maximum atomic E-state index is 12.4. The number of ether oxygens (including phenoxy) is 1. The van der Waals surface area contributed by atoms with Crippen molar-refractivity contribution in [1.82, 2.24) is 15.2 Å². The predicted octanol–water partition coefficient (Wildman–Crippen LogP) is 2.27. The number of para-hydroxylation sites is 1. The van der Waals surface area contributed by atoms with Gasteiger partial charge in [0.05, 0.1) is 13.0 Å². The number of benzene rings is 1. The smallest absolute Gasteiger partial charge is 0.253 e. The summed E-state index contributed by atoms with van der Waals surface area (Å²) in [6.45, 7) is 1.65. The molecule has 0 spiro atoms. The first-order chi connectivity index (χ1) is 12.7. The minimum atomic E-state index is -0.0140. The summed E-state index contributed by atoms with van der Waals surface area (Å²) in [5.41, 5.74) is 0.653. The van der Waals surface area contributed by atoms with Gasteiger partial charge in [-0.1, -0.05) is 18.2 Å². The van der Waals surface area contributed by atoms with Crippen molar-refractivity contribution in [3.05, 3.63) is 60.4 Å². The maximum absolute atomic E-state index is 12.4. The van der Waals surface area contributed by atoms with E-state index in [1.165, 1.54) is 0 Å². The van der Waals surface area contributed by atoms with Gasteiger partial charge in [-0.15, -0.1) is 0 Å². The third kappa shape index (κ3) is 5.05. The zero-order chi connectivity index (χ0) is 18.2. The van der Waals surface area contributed by atoms with Crippen LogP contribution in [0, 0.1) is 0 Å². The van der Waals surface area contributed by atoms with Crippen LogP contribution in [0.25, 0.3) is 0 Å². The number of nitrogens with zero attached hydrogens (tertiary/aromatic N) is 2. The Bertz CT molecular complexity index is 714. The number of pyridine rings is 1. The summed E-state index contributed by atoms with van der Waals surface area (Å²) in [6, 6.07) is 13.0. The minimum absolute atomic E-state index is 0.0140. The van der Waals surface area contributed by atoms with E-state index in [9.17, 15) is 9.59 Å². The Morgan fingerprint density at radius 1 is 1.08 bits per heavy atom. The average Bonchev–Trinajstić information content (AvgIpc) is 2.69. The van der Waals surface area contributed by atoms with Gasteiger partial charge in [0.25, 0.3) is 5.91 Å². The van der Waals surface area contributed by atoms with E-state index in [1.54, 1.807) is 24.5 Å². The number of carbonyl (C=O) groups is 2.